The average Bonchev–Trinajstić information content (AvgIpc) is 2.44. The summed E-state index contributed by atoms with van der Waals surface area (Å²) in [7, 11) is 0. The molecule has 5 heteroatoms. The Balaban J connectivity index is 2.34. The number of nitrogens with zero attached hydrogens (tertiary/aromatic N) is 2. The van der Waals surface area contributed by atoms with Gasteiger partial charge in [0.1, 0.15) is 11.9 Å². The molecular weight excluding hydrogens is 255 g/mol. The number of rotatable bonds is 3. The molecule has 0 saturated carbocycles. The summed E-state index contributed by atoms with van der Waals surface area (Å²) in [6, 6.07) is 13.1. The summed E-state index contributed by atoms with van der Waals surface area (Å²) in [6.07, 6.45) is 0.204. The van der Waals surface area contributed by atoms with Crippen molar-refractivity contribution in [2.45, 2.75) is 6.42 Å². The molecule has 98 valence electrons. The second kappa shape index (κ2) is 5.73. The van der Waals surface area contributed by atoms with Gasteiger partial charge in [-0.15, -0.1) is 0 Å². The highest BCUT2D eigenvalue weighted by atomic mass is 19.1. The zero-order valence-corrected chi connectivity index (χ0v) is 10.5. The highest BCUT2D eigenvalue weighted by Crippen LogP contribution is 2.24. The molecule has 3 N–H and O–H groups in total. The Morgan fingerprint density at radius 3 is 2.65 bits per heavy atom. The van der Waals surface area contributed by atoms with Crippen LogP contribution in [0, 0.1) is 28.5 Å². The maximum absolute atomic E-state index is 13.1. The summed E-state index contributed by atoms with van der Waals surface area (Å²) >= 11 is 0. The van der Waals surface area contributed by atoms with Crippen LogP contribution in [0.3, 0.4) is 0 Å². The Morgan fingerprint density at radius 1 is 1.15 bits per heavy atom. The number of nitriles is 2. The lowest BCUT2D eigenvalue weighted by Gasteiger charge is -2.10. The van der Waals surface area contributed by atoms with Gasteiger partial charge in [-0.3, -0.25) is 0 Å². The lowest BCUT2D eigenvalue weighted by atomic mass is 10.1. The fourth-order valence-corrected chi connectivity index (χ4v) is 1.80. The first-order valence-corrected chi connectivity index (χ1v) is 5.86. The van der Waals surface area contributed by atoms with Gasteiger partial charge in [0.15, 0.2) is 0 Å². The fraction of sp³-hybridized carbons (Fsp3) is 0.0667. The molecule has 0 saturated heterocycles. The Kier molecular flexibility index (Phi) is 3.83. The van der Waals surface area contributed by atoms with E-state index in [9.17, 15) is 4.39 Å². The lowest BCUT2D eigenvalue weighted by molar-refractivity contribution is 0.627. The smallest absolute Gasteiger partial charge is 0.124 e. The molecule has 4 nitrogen and oxygen atoms in total. The molecule has 0 spiro atoms. The van der Waals surface area contributed by atoms with Crippen LogP contribution in [0.15, 0.2) is 36.4 Å². The topological polar surface area (TPSA) is 85.6 Å². The number of hydrogen-bond acceptors (Lipinski definition) is 4. The molecule has 0 radical (unpaired) electrons. The van der Waals surface area contributed by atoms with Crippen molar-refractivity contribution in [3.05, 3.63) is 53.3 Å². The minimum atomic E-state index is -0.463. The third-order valence-corrected chi connectivity index (χ3v) is 2.79. The monoisotopic (exact) mass is 266 g/mol. The minimum Gasteiger partial charge on any atom is -0.398 e. The molecule has 0 heterocycles. The molecule has 2 rings (SSSR count). The van der Waals surface area contributed by atoms with Gasteiger partial charge in [0.2, 0.25) is 0 Å². The van der Waals surface area contributed by atoms with Crippen LogP contribution in [-0.4, -0.2) is 0 Å². The van der Waals surface area contributed by atoms with E-state index in [0.29, 0.717) is 22.6 Å². The normalized spacial score (nSPS) is 9.55. The van der Waals surface area contributed by atoms with Crippen molar-refractivity contribution in [2.24, 2.45) is 0 Å². The number of anilines is 3. The molecule has 2 aromatic rings. The second-order valence-electron chi connectivity index (χ2n) is 4.18. The van der Waals surface area contributed by atoms with E-state index in [1.807, 2.05) is 12.1 Å². The van der Waals surface area contributed by atoms with Gasteiger partial charge in [0, 0.05) is 11.4 Å². The van der Waals surface area contributed by atoms with E-state index < -0.39 is 5.82 Å². The van der Waals surface area contributed by atoms with Gasteiger partial charge >= 0.3 is 0 Å². The number of nitrogens with two attached hydrogens (primary N) is 1. The fourth-order valence-electron chi connectivity index (χ4n) is 1.80. The van der Waals surface area contributed by atoms with Crippen LogP contribution >= 0.6 is 0 Å². The summed E-state index contributed by atoms with van der Waals surface area (Å²) in [4.78, 5) is 0. The van der Waals surface area contributed by atoms with E-state index in [4.69, 9.17) is 16.3 Å². The van der Waals surface area contributed by atoms with E-state index in [0.717, 1.165) is 6.07 Å². The van der Waals surface area contributed by atoms with Crippen molar-refractivity contribution in [2.75, 3.05) is 11.1 Å². The van der Waals surface area contributed by atoms with Crippen molar-refractivity contribution in [3.8, 4) is 12.1 Å². The predicted octanol–water partition coefficient (Wildman–Crippen LogP) is 3.09. The number of hydrogen-bond donors (Lipinski definition) is 2. The maximum Gasteiger partial charge on any atom is 0.124 e. The molecule has 2 aromatic carbocycles. The molecule has 0 aliphatic rings. The van der Waals surface area contributed by atoms with Crippen LogP contribution in [0.5, 0.6) is 0 Å². The van der Waals surface area contributed by atoms with Gasteiger partial charge < -0.3 is 11.1 Å². The van der Waals surface area contributed by atoms with E-state index in [-0.39, 0.29) is 12.0 Å². The Morgan fingerprint density at radius 2 is 1.95 bits per heavy atom. The van der Waals surface area contributed by atoms with Crippen LogP contribution in [-0.2, 0) is 6.42 Å². The number of nitrogens with one attached hydrogen (secondary N) is 1. The van der Waals surface area contributed by atoms with Crippen molar-refractivity contribution < 1.29 is 4.39 Å². The van der Waals surface area contributed by atoms with Crippen LogP contribution < -0.4 is 11.1 Å². The maximum atomic E-state index is 13.1. The summed E-state index contributed by atoms with van der Waals surface area (Å²) in [6.45, 7) is 0. The Labute approximate surface area is 115 Å². The van der Waals surface area contributed by atoms with Crippen molar-refractivity contribution in [1.29, 1.82) is 10.5 Å². The first-order valence-electron chi connectivity index (χ1n) is 5.86. The van der Waals surface area contributed by atoms with Crippen LogP contribution in [0.2, 0.25) is 0 Å². The number of benzene rings is 2. The molecule has 0 bridgehead atoms. The summed E-state index contributed by atoms with van der Waals surface area (Å²) in [5.41, 5.74) is 8.41. The number of nitrogen functional groups attached to an aromatic ring is 1. The van der Waals surface area contributed by atoms with Crippen molar-refractivity contribution in [1.82, 2.24) is 0 Å². The summed E-state index contributed by atoms with van der Waals surface area (Å²) < 4.78 is 13.1. The molecule has 0 atom stereocenters. The van der Waals surface area contributed by atoms with Gasteiger partial charge in [-0.1, -0.05) is 0 Å². The predicted molar refractivity (Wildman–Crippen MR) is 74.6 cm³/mol. The first-order chi connectivity index (χ1) is 9.63. The summed E-state index contributed by atoms with van der Waals surface area (Å²) in [5.74, 6) is -0.463. The third kappa shape index (κ3) is 2.85. The molecule has 0 aliphatic heterocycles. The quantitative estimate of drug-likeness (QED) is 0.836. The SMILES string of the molecule is N#CCc1cc(Nc2ccc(F)cc2C#N)ccc1N. The summed E-state index contributed by atoms with van der Waals surface area (Å²) in [5, 5.41) is 20.7. The molecule has 0 amide bonds. The van der Waals surface area contributed by atoms with E-state index in [2.05, 4.69) is 5.32 Å². The Bertz CT molecular complexity index is 726. The van der Waals surface area contributed by atoms with Crippen LogP contribution in [0.25, 0.3) is 0 Å². The lowest BCUT2D eigenvalue weighted by Crippen LogP contribution is -1.98. The molecular formula is C15H11FN4. The van der Waals surface area contributed by atoms with Gasteiger partial charge in [-0.25, -0.2) is 4.39 Å². The van der Waals surface area contributed by atoms with Gasteiger partial charge in [0.05, 0.1) is 23.7 Å². The minimum absolute atomic E-state index is 0.204. The highest BCUT2D eigenvalue weighted by Gasteiger charge is 2.06. The zero-order chi connectivity index (χ0) is 14.5. The molecule has 0 unspecified atom stereocenters. The zero-order valence-electron chi connectivity index (χ0n) is 10.5. The van der Waals surface area contributed by atoms with E-state index in [1.165, 1.54) is 12.1 Å². The molecule has 20 heavy (non-hydrogen) atoms. The van der Waals surface area contributed by atoms with Crippen molar-refractivity contribution in [3.63, 3.8) is 0 Å². The molecule has 0 aromatic heterocycles. The number of halogens is 1. The van der Waals surface area contributed by atoms with E-state index >= 15 is 0 Å². The van der Waals surface area contributed by atoms with Crippen molar-refractivity contribution >= 4 is 17.1 Å². The average molecular weight is 266 g/mol. The van der Waals surface area contributed by atoms with Crippen LogP contribution in [0.1, 0.15) is 11.1 Å². The first kappa shape index (κ1) is 13.4. The van der Waals surface area contributed by atoms with Gasteiger partial charge in [-0.05, 0) is 42.0 Å². The largest absolute Gasteiger partial charge is 0.398 e. The van der Waals surface area contributed by atoms with Gasteiger partial charge in [-0.2, -0.15) is 10.5 Å². The second-order valence-corrected chi connectivity index (χ2v) is 4.18. The molecule has 0 fully saturated rings. The highest BCUT2D eigenvalue weighted by molar-refractivity contribution is 5.69. The van der Waals surface area contributed by atoms with Gasteiger partial charge in [0.25, 0.3) is 0 Å². The Hall–Kier alpha value is -3.05. The van der Waals surface area contributed by atoms with Crippen LogP contribution in [0.4, 0.5) is 21.5 Å². The molecule has 0 aliphatic carbocycles. The standard InChI is InChI=1S/C15H11FN4/c16-12-1-4-15(11(7-12)9-18)20-13-2-3-14(19)10(8-13)5-6-17/h1-4,7-8,20H,5,19H2. The third-order valence-electron chi connectivity index (χ3n) is 2.79. The van der Waals surface area contributed by atoms with E-state index in [1.54, 1.807) is 18.2 Å².